The Morgan fingerprint density at radius 1 is 1.50 bits per heavy atom. The molecule has 14 heavy (non-hydrogen) atoms. The summed E-state index contributed by atoms with van der Waals surface area (Å²) in [5.74, 6) is 0. The Balaban J connectivity index is 1.76. The minimum Gasteiger partial charge on any atom is -0.330 e. The number of nitrogens with one attached hydrogen (secondary N) is 1. The van der Waals surface area contributed by atoms with E-state index in [1.165, 1.54) is 24.0 Å². The van der Waals surface area contributed by atoms with Crippen LogP contribution in [0, 0.1) is 12.3 Å². The first-order valence-electron chi connectivity index (χ1n) is 5.18. The molecule has 2 rings (SSSR count). The molecule has 1 aromatic rings. The van der Waals surface area contributed by atoms with Gasteiger partial charge >= 0.3 is 0 Å². The second kappa shape index (κ2) is 4.01. The highest BCUT2D eigenvalue weighted by atomic mass is 32.1. The smallest absolute Gasteiger partial charge is 0.0216 e. The SMILES string of the molecule is Cc1cscc1CNCC1(CN)CC1. The normalized spacial score (nSPS) is 18.4. The van der Waals surface area contributed by atoms with Gasteiger partial charge in [-0.05, 0) is 53.6 Å². The van der Waals surface area contributed by atoms with Crippen LogP contribution in [0.5, 0.6) is 0 Å². The number of rotatable bonds is 5. The molecule has 0 spiro atoms. The van der Waals surface area contributed by atoms with E-state index in [2.05, 4.69) is 23.0 Å². The minimum absolute atomic E-state index is 0.448. The molecule has 1 fully saturated rings. The highest BCUT2D eigenvalue weighted by molar-refractivity contribution is 7.08. The largest absolute Gasteiger partial charge is 0.330 e. The molecule has 2 nitrogen and oxygen atoms in total. The van der Waals surface area contributed by atoms with Gasteiger partial charge < -0.3 is 11.1 Å². The Kier molecular flexibility index (Phi) is 2.91. The molecule has 78 valence electrons. The first-order valence-corrected chi connectivity index (χ1v) is 6.12. The van der Waals surface area contributed by atoms with Gasteiger partial charge in [-0.3, -0.25) is 0 Å². The summed E-state index contributed by atoms with van der Waals surface area (Å²) in [5, 5.41) is 7.94. The second-order valence-electron chi connectivity index (χ2n) is 4.39. The van der Waals surface area contributed by atoms with Gasteiger partial charge in [0.05, 0.1) is 0 Å². The van der Waals surface area contributed by atoms with Crippen molar-refractivity contribution in [3.8, 4) is 0 Å². The standard InChI is InChI=1S/C11H18N2S/c1-9-5-14-6-10(9)4-13-8-11(7-12)2-3-11/h5-6,13H,2-4,7-8,12H2,1H3. The van der Waals surface area contributed by atoms with Crippen LogP contribution in [0.25, 0.3) is 0 Å². The number of thiophene rings is 1. The molecule has 1 aliphatic carbocycles. The molecule has 0 saturated heterocycles. The van der Waals surface area contributed by atoms with Crippen molar-refractivity contribution in [1.82, 2.24) is 5.32 Å². The molecule has 1 aliphatic rings. The molecule has 1 heterocycles. The highest BCUT2D eigenvalue weighted by Gasteiger charge is 2.40. The zero-order valence-corrected chi connectivity index (χ0v) is 9.49. The Labute approximate surface area is 89.5 Å². The van der Waals surface area contributed by atoms with Crippen molar-refractivity contribution < 1.29 is 0 Å². The summed E-state index contributed by atoms with van der Waals surface area (Å²) in [6, 6.07) is 0. The Morgan fingerprint density at radius 2 is 2.29 bits per heavy atom. The third-order valence-corrected chi connectivity index (χ3v) is 4.08. The maximum absolute atomic E-state index is 5.72. The average Bonchev–Trinajstić information content (AvgIpc) is 2.86. The Bertz CT molecular complexity index is 302. The van der Waals surface area contributed by atoms with Crippen molar-refractivity contribution in [2.24, 2.45) is 11.1 Å². The van der Waals surface area contributed by atoms with Gasteiger partial charge in [0.25, 0.3) is 0 Å². The van der Waals surface area contributed by atoms with Gasteiger partial charge in [-0.1, -0.05) is 0 Å². The van der Waals surface area contributed by atoms with Crippen LogP contribution in [0.2, 0.25) is 0 Å². The van der Waals surface area contributed by atoms with E-state index in [0.717, 1.165) is 19.6 Å². The molecule has 1 saturated carbocycles. The van der Waals surface area contributed by atoms with E-state index in [4.69, 9.17) is 5.73 Å². The summed E-state index contributed by atoms with van der Waals surface area (Å²) in [6.07, 6.45) is 2.61. The number of aryl methyl sites for hydroxylation is 1. The van der Waals surface area contributed by atoms with Crippen molar-refractivity contribution in [3.05, 3.63) is 21.9 Å². The predicted octanol–water partition coefficient (Wildman–Crippen LogP) is 1.89. The van der Waals surface area contributed by atoms with E-state index in [9.17, 15) is 0 Å². The van der Waals surface area contributed by atoms with E-state index >= 15 is 0 Å². The van der Waals surface area contributed by atoms with Crippen LogP contribution in [0.4, 0.5) is 0 Å². The fourth-order valence-electron chi connectivity index (χ4n) is 1.66. The first kappa shape index (κ1) is 10.1. The van der Waals surface area contributed by atoms with Crippen molar-refractivity contribution in [2.45, 2.75) is 26.3 Å². The van der Waals surface area contributed by atoms with Crippen LogP contribution in [-0.4, -0.2) is 13.1 Å². The highest BCUT2D eigenvalue weighted by Crippen LogP contribution is 2.43. The maximum atomic E-state index is 5.72. The average molecular weight is 210 g/mol. The molecule has 3 N–H and O–H groups in total. The molecule has 0 unspecified atom stereocenters. The maximum Gasteiger partial charge on any atom is 0.0216 e. The molecular formula is C11H18N2S. The lowest BCUT2D eigenvalue weighted by Gasteiger charge is -2.12. The van der Waals surface area contributed by atoms with Crippen molar-refractivity contribution in [2.75, 3.05) is 13.1 Å². The van der Waals surface area contributed by atoms with Crippen molar-refractivity contribution >= 4 is 11.3 Å². The third-order valence-electron chi connectivity index (χ3n) is 3.17. The number of hydrogen-bond donors (Lipinski definition) is 2. The predicted molar refractivity (Wildman–Crippen MR) is 61.5 cm³/mol. The summed E-state index contributed by atoms with van der Waals surface area (Å²) in [7, 11) is 0. The van der Waals surface area contributed by atoms with Gasteiger partial charge in [-0.25, -0.2) is 0 Å². The van der Waals surface area contributed by atoms with Crippen molar-refractivity contribution in [1.29, 1.82) is 0 Å². The molecule has 0 radical (unpaired) electrons. The van der Waals surface area contributed by atoms with E-state index in [-0.39, 0.29) is 0 Å². The number of nitrogens with two attached hydrogens (primary N) is 1. The lowest BCUT2D eigenvalue weighted by Crippen LogP contribution is -2.29. The second-order valence-corrected chi connectivity index (χ2v) is 5.13. The van der Waals surface area contributed by atoms with Gasteiger partial charge in [0.1, 0.15) is 0 Å². The molecule has 3 heteroatoms. The monoisotopic (exact) mass is 210 g/mol. The number of hydrogen-bond acceptors (Lipinski definition) is 3. The Morgan fingerprint density at radius 3 is 2.79 bits per heavy atom. The van der Waals surface area contributed by atoms with Crippen LogP contribution in [0.3, 0.4) is 0 Å². The van der Waals surface area contributed by atoms with E-state index in [0.29, 0.717) is 5.41 Å². The topological polar surface area (TPSA) is 38.0 Å². The quantitative estimate of drug-likeness (QED) is 0.779. The van der Waals surface area contributed by atoms with Gasteiger partial charge in [0.15, 0.2) is 0 Å². The van der Waals surface area contributed by atoms with Gasteiger partial charge in [-0.15, -0.1) is 0 Å². The molecular weight excluding hydrogens is 192 g/mol. The molecule has 0 aromatic carbocycles. The van der Waals surface area contributed by atoms with E-state index in [1.54, 1.807) is 11.3 Å². The molecule has 1 aromatic heterocycles. The van der Waals surface area contributed by atoms with Gasteiger partial charge in [-0.2, -0.15) is 11.3 Å². The molecule has 0 bridgehead atoms. The summed E-state index contributed by atoms with van der Waals surface area (Å²) in [5.41, 5.74) is 9.00. The van der Waals surface area contributed by atoms with E-state index < -0.39 is 0 Å². The zero-order valence-electron chi connectivity index (χ0n) is 8.68. The van der Waals surface area contributed by atoms with Crippen LogP contribution >= 0.6 is 11.3 Å². The zero-order chi connectivity index (χ0) is 10.0. The van der Waals surface area contributed by atoms with Crippen LogP contribution in [0.15, 0.2) is 10.8 Å². The Hall–Kier alpha value is -0.380. The lowest BCUT2D eigenvalue weighted by atomic mass is 10.1. The fourth-order valence-corrected chi connectivity index (χ4v) is 2.52. The van der Waals surface area contributed by atoms with Crippen LogP contribution in [0.1, 0.15) is 24.0 Å². The molecule has 0 aliphatic heterocycles. The fraction of sp³-hybridized carbons (Fsp3) is 0.636. The minimum atomic E-state index is 0.448. The van der Waals surface area contributed by atoms with Crippen molar-refractivity contribution in [3.63, 3.8) is 0 Å². The van der Waals surface area contributed by atoms with Crippen LogP contribution in [-0.2, 0) is 6.54 Å². The summed E-state index contributed by atoms with van der Waals surface area (Å²) < 4.78 is 0. The van der Waals surface area contributed by atoms with Gasteiger partial charge in [0.2, 0.25) is 0 Å². The van der Waals surface area contributed by atoms with Crippen LogP contribution < -0.4 is 11.1 Å². The van der Waals surface area contributed by atoms with E-state index in [1.807, 2.05) is 0 Å². The lowest BCUT2D eigenvalue weighted by molar-refractivity contribution is 0.467. The summed E-state index contributed by atoms with van der Waals surface area (Å²) in [4.78, 5) is 0. The molecule has 0 amide bonds. The first-order chi connectivity index (χ1) is 6.76. The summed E-state index contributed by atoms with van der Waals surface area (Å²) >= 11 is 1.78. The van der Waals surface area contributed by atoms with Gasteiger partial charge in [0, 0.05) is 13.1 Å². The molecule has 0 atom stereocenters. The third kappa shape index (κ3) is 2.16. The summed E-state index contributed by atoms with van der Waals surface area (Å²) in [6.45, 7) is 5.09.